The predicted octanol–water partition coefficient (Wildman–Crippen LogP) is 4.51. The molecule has 3 heterocycles. The van der Waals surface area contributed by atoms with Crippen LogP contribution in [-0.4, -0.2) is 67.2 Å². The van der Waals surface area contributed by atoms with E-state index in [1.165, 1.54) is 6.07 Å². The van der Waals surface area contributed by atoms with Gasteiger partial charge in [0.15, 0.2) is 0 Å². The number of amides is 1. The second-order valence-electron chi connectivity index (χ2n) is 9.19. The lowest BCUT2D eigenvalue weighted by Crippen LogP contribution is -2.52. The smallest absolute Gasteiger partial charge is 0.227 e. The first-order chi connectivity index (χ1) is 17.5. The van der Waals surface area contributed by atoms with Crippen molar-refractivity contribution in [3.8, 4) is 17.0 Å². The Kier molecular flexibility index (Phi) is 7.23. The minimum absolute atomic E-state index is 0.0648. The summed E-state index contributed by atoms with van der Waals surface area (Å²) in [6.07, 6.45) is 3.40. The Labute approximate surface area is 215 Å². The van der Waals surface area contributed by atoms with E-state index in [1.54, 1.807) is 25.6 Å². The molecule has 9 heteroatoms. The number of hydrogen-bond acceptors (Lipinski definition) is 6. The molecule has 0 spiro atoms. The first-order valence-corrected chi connectivity index (χ1v) is 12.6. The first-order valence-electron chi connectivity index (χ1n) is 12.2. The second kappa shape index (κ2) is 10.7. The van der Waals surface area contributed by atoms with E-state index in [0.717, 1.165) is 47.9 Å². The highest BCUT2D eigenvalue weighted by Crippen LogP contribution is 2.28. The minimum Gasteiger partial charge on any atom is -0.497 e. The molecule has 7 nitrogen and oxygen atoms in total. The molecule has 1 atom stereocenters. The molecule has 0 radical (unpaired) electrons. The molecule has 2 aliphatic heterocycles. The van der Waals surface area contributed by atoms with Crippen LogP contribution in [0.5, 0.6) is 5.75 Å². The number of hydrogen-bond donors (Lipinski definition) is 0. The average molecular weight is 510 g/mol. The zero-order chi connectivity index (χ0) is 25.1. The van der Waals surface area contributed by atoms with Gasteiger partial charge in [-0.25, -0.2) is 14.4 Å². The van der Waals surface area contributed by atoms with Crippen molar-refractivity contribution < 1.29 is 13.9 Å². The van der Waals surface area contributed by atoms with E-state index >= 15 is 0 Å². The Bertz CT molecular complexity index is 1220. The van der Waals surface area contributed by atoms with Crippen LogP contribution < -0.4 is 14.5 Å². The molecular formula is C27H29ClFN5O2. The first kappa shape index (κ1) is 24.3. The summed E-state index contributed by atoms with van der Waals surface area (Å²) in [4.78, 5) is 28.6. The monoisotopic (exact) mass is 509 g/mol. The molecule has 1 unspecified atom stereocenters. The Morgan fingerprint density at radius 2 is 1.78 bits per heavy atom. The van der Waals surface area contributed by atoms with Crippen LogP contribution in [0.4, 0.5) is 15.9 Å². The molecule has 1 amide bonds. The van der Waals surface area contributed by atoms with Crippen molar-refractivity contribution in [2.24, 2.45) is 5.92 Å². The van der Waals surface area contributed by atoms with Gasteiger partial charge < -0.3 is 19.4 Å². The van der Waals surface area contributed by atoms with Gasteiger partial charge in [0, 0.05) is 56.6 Å². The van der Waals surface area contributed by atoms with Gasteiger partial charge in [0.25, 0.3) is 0 Å². The fourth-order valence-electron chi connectivity index (χ4n) is 4.95. The van der Waals surface area contributed by atoms with E-state index in [4.69, 9.17) is 16.3 Å². The van der Waals surface area contributed by atoms with Crippen molar-refractivity contribution in [1.82, 2.24) is 14.9 Å². The zero-order valence-electron chi connectivity index (χ0n) is 20.2. The number of halogens is 2. The van der Waals surface area contributed by atoms with Crippen molar-refractivity contribution >= 4 is 29.0 Å². The number of methoxy groups -OCH3 is 1. The Morgan fingerprint density at radius 3 is 2.50 bits per heavy atom. The average Bonchev–Trinajstić information content (AvgIpc) is 2.94. The van der Waals surface area contributed by atoms with Gasteiger partial charge in [0.1, 0.15) is 23.7 Å². The Morgan fingerprint density at radius 1 is 1.00 bits per heavy atom. The highest BCUT2D eigenvalue weighted by Gasteiger charge is 2.31. The number of piperazine rings is 1. The van der Waals surface area contributed by atoms with Gasteiger partial charge in [-0.05, 0) is 55.3 Å². The van der Waals surface area contributed by atoms with Crippen LogP contribution in [-0.2, 0) is 4.79 Å². The van der Waals surface area contributed by atoms with E-state index in [0.29, 0.717) is 32.7 Å². The van der Waals surface area contributed by atoms with Crippen LogP contribution in [0.25, 0.3) is 11.3 Å². The molecule has 0 aliphatic carbocycles. The van der Waals surface area contributed by atoms with Gasteiger partial charge in [-0.1, -0.05) is 11.6 Å². The third kappa shape index (κ3) is 5.23. The maximum absolute atomic E-state index is 13.5. The van der Waals surface area contributed by atoms with E-state index < -0.39 is 5.82 Å². The maximum atomic E-state index is 13.5. The predicted molar refractivity (Wildman–Crippen MR) is 139 cm³/mol. The van der Waals surface area contributed by atoms with Crippen LogP contribution in [0.1, 0.15) is 12.8 Å². The van der Waals surface area contributed by atoms with Gasteiger partial charge in [-0.15, -0.1) is 0 Å². The second-order valence-corrected chi connectivity index (χ2v) is 9.59. The van der Waals surface area contributed by atoms with Crippen LogP contribution in [0.15, 0.2) is 54.9 Å². The molecule has 2 aliphatic rings. The lowest BCUT2D eigenvalue weighted by Gasteiger charge is -2.40. The summed E-state index contributed by atoms with van der Waals surface area (Å²) in [6, 6.07) is 14.5. The topological polar surface area (TPSA) is 61.8 Å². The number of rotatable bonds is 5. The molecule has 188 valence electrons. The lowest BCUT2D eigenvalue weighted by molar-refractivity contribution is -0.136. The normalized spacial score (nSPS) is 18.3. The molecule has 1 aromatic heterocycles. The molecule has 2 saturated heterocycles. The van der Waals surface area contributed by atoms with Gasteiger partial charge >= 0.3 is 0 Å². The standard InChI is InChI=1S/C27H29ClFN5O2/c1-36-22-7-4-19(5-8-22)25-16-26(31-18-30-25)34-10-2-3-20(17-34)27(35)33-13-11-32(12-14-33)21-6-9-24(29)23(28)15-21/h4-9,15-16,18,20H,2-3,10-14,17H2,1H3. The molecule has 0 N–H and O–H groups in total. The molecular weight excluding hydrogens is 481 g/mol. The lowest BCUT2D eigenvalue weighted by atomic mass is 9.96. The van der Waals surface area contributed by atoms with E-state index in [9.17, 15) is 9.18 Å². The summed E-state index contributed by atoms with van der Waals surface area (Å²) >= 11 is 5.95. The van der Waals surface area contributed by atoms with Gasteiger partial charge in [0.05, 0.1) is 23.7 Å². The van der Waals surface area contributed by atoms with E-state index in [2.05, 4.69) is 19.8 Å². The summed E-state index contributed by atoms with van der Waals surface area (Å²) < 4.78 is 18.8. The molecule has 5 rings (SSSR count). The van der Waals surface area contributed by atoms with Crippen molar-refractivity contribution in [3.63, 3.8) is 0 Å². The number of ether oxygens (including phenoxy) is 1. The van der Waals surface area contributed by atoms with Gasteiger partial charge in [-0.3, -0.25) is 4.79 Å². The van der Waals surface area contributed by atoms with Gasteiger partial charge in [0.2, 0.25) is 5.91 Å². The number of anilines is 2. The third-order valence-electron chi connectivity index (χ3n) is 6.99. The SMILES string of the molecule is COc1ccc(-c2cc(N3CCCC(C(=O)N4CCN(c5ccc(F)c(Cl)c5)CC4)C3)ncn2)cc1. The number of benzene rings is 2. The summed E-state index contributed by atoms with van der Waals surface area (Å²) in [6.45, 7) is 4.18. The molecule has 3 aromatic rings. The van der Waals surface area contributed by atoms with Crippen molar-refractivity contribution in [3.05, 3.63) is 65.7 Å². The highest BCUT2D eigenvalue weighted by molar-refractivity contribution is 6.31. The fourth-order valence-corrected chi connectivity index (χ4v) is 5.13. The zero-order valence-corrected chi connectivity index (χ0v) is 21.0. The summed E-state index contributed by atoms with van der Waals surface area (Å²) in [5.74, 6) is 1.35. The third-order valence-corrected chi connectivity index (χ3v) is 7.28. The van der Waals surface area contributed by atoms with Crippen LogP contribution in [0.2, 0.25) is 5.02 Å². The number of piperidine rings is 1. The fraction of sp³-hybridized carbons (Fsp3) is 0.370. The minimum atomic E-state index is -0.420. The summed E-state index contributed by atoms with van der Waals surface area (Å²) in [5.41, 5.74) is 2.71. The summed E-state index contributed by atoms with van der Waals surface area (Å²) in [5, 5.41) is 0.119. The van der Waals surface area contributed by atoms with Crippen LogP contribution in [0.3, 0.4) is 0 Å². The molecule has 36 heavy (non-hydrogen) atoms. The largest absolute Gasteiger partial charge is 0.497 e. The van der Waals surface area contributed by atoms with Crippen molar-refractivity contribution in [1.29, 1.82) is 0 Å². The highest BCUT2D eigenvalue weighted by atomic mass is 35.5. The Balaban J connectivity index is 1.21. The maximum Gasteiger partial charge on any atom is 0.227 e. The molecule has 0 bridgehead atoms. The van der Waals surface area contributed by atoms with Crippen molar-refractivity contribution in [2.45, 2.75) is 12.8 Å². The number of carbonyl (C=O) groups excluding carboxylic acids is 1. The summed E-state index contributed by atoms with van der Waals surface area (Å²) in [7, 11) is 1.65. The number of aromatic nitrogens is 2. The molecule has 0 saturated carbocycles. The van der Waals surface area contributed by atoms with Crippen LogP contribution in [0, 0.1) is 11.7 Å². The molecule has 2 aromatic carbocycles. The van der Waals surface area contributed by atoms with E-state index in [-0.39, 0.29) is 16.8 Å². The number of nitrogens with zero attached hydrogens (tertiary/aromatic N) is 5. The Hall–Kier alpha value is -3.39. The van der Waals surface area contributed by atoms with Gasteiger partial charge in [-0.2, -0.15) is 0 Å². The number of carbonyl (C=O) groups is 1. The van der Waals surface area contributed by atoms with Crippen LogP contribution >= 0.6 is 11.6 Å². The van der Waals surface area contributed by atoms with E-state index in [1.807, 2.05) is 35.2 Å². The quantitative estimate of drug-likeness (QED) is 0.504. The molecule has 2 fully saturated rings. The van der Waals surface area contributed by atoms with Crippen molar-refractivity contribution in [2.75, 3.05) is 56.2 Å².